The summed E-state index contributed by atoms with van der Waals surface area (Å²) in [5.41, 5.74) is 13.3. The van der Waals surface area contributed by atoms with Gasteiger partial charge in [-0.1, -0.05) is 103 Å². The molecule has 0 aliphatic heterocycles. The smallest absolute Gasteiger partial charge is 0.0566 e. The number of anilines is 3. The number of rotatable bonds is 7. The fourth-order valence-electron chi connectivity index (χ4n) is 5.42. The Bertz CT molecular complexity index is 1650. The number of hydrogen-bond donors (Lipinski definition) is 0. The summed E-state index contributed by atoms with van der Waals surface area (Å²) in [6.07, 6.45) is 0.962. The molecule has 0 amide bonds. The van der Waals surface area contributed by atoms with E-state index >= 15 is 0 Å². The van der Waals surface area contributed by atoms with Crippen LogP contribution in [0.2, 0.25) is 0 Å². The van der Waals surface area contributed by atoms with Crippen LogP contribution in [0.3, 0.4) is 0 Å². The van der Waals surface area contributed by atoms with Gasteiger partial charge in [0.2, 0.25) is 0 Å². The zero-order valence-electron chi connectivity index (χ0n) is 23.4. The van der Waals surface area contributed by atoms with E-state index in [1.165, 1.54) is 39.2 Å². The molecule has 0 N–H and O–H groups in total. The van der Waals surface area contributed by atoms with Crippen molar-refractivity contribution in [1.29, 1.82) is 0 Å². The normalized spacial score (nSPS) is 11.0. The molecule has 6 rings (SSSR count). The van der Waals surface area contributed by atoms with Gasteiger partial charge < -0.3 is 9.47 Å². The molecule has 0 radical (unpaired) electrons. The Kier molecular flexibility index (Phi) is 7.08. The SMILES string of the molecule is CCc1cc(-c2ccccc2)n(-c2ccc(N(c3ccc(C)cc3)c3ccc(C)cc3)cc2)c1-c1ccccc1. The third kappa shape index (κ3) is 4.97. The number of aromatic nitrogens is 1. The Balaban J connectivity index is 1.51. The molecule has 0 bridgehead atoms. The fourth-order valence-corrected chi connectivity index (χ4v) is 5.42. The average molecular weight is 519 g/mol. The van der Waals surface area contributed by atoms with Crippen LogP contribution in [0.5, 0.6) is 0 Å². The predicted molar refractivity (Wildman–Crippen MR) is 170 cm³/mol. The molecule has 0 aliphatic rings. The van der Waals surface area contributed by atoms with E-state index in [0.29, 0.717) is 0 Å². The van der Waals surface area contributed by atoms with Crippen LogP contribution >= 0.6 is 0 Å². The third-order valence-corrected chi connectivity index (χ3v) is 7.53. The van der Waals surface area contributed by atoms with Crippen molar-refractivity contribution in [2.75, 3.05) is 4.90 Å². The van der Waals surface area contributed by atoms with Gasteiger partial charge in [-0.15, -0.1) is 0 Å². The first-order valence-electron chi connectivity index (χ1n) is 14.0. The van der Waals surface area contributed by atoms with Crippen molar-refractivity contribution in [3.05, 3.63) is 156 Å². The van der Waals surface area contributed by atoms with E-state index in [4.69, 9.17) is 0 Å². The Morgan fingerprint density at radius 3 is 1.45 bits per heavy atom. The molecule has 0 spiro atoms. The number of nitrogens with zero attached hydrogens (tertiary/aromatic N) is 2. The minimum atomic E-state index is 0.962. The highest BCUT2D eigenvalue weighted by molar-refractivity contribution is 5.79. The van der Waals surface area contributed by atoms with Crippen LogP contribution in [0.25, 0.3) is 28.2 Å². The van der Waals surface area contributed by atoms with Gasteiger partial charge in [0.25, 0.3) is 0 Å². The van der Waals surface area contributed by atoms with Crippen LogP contribution < -0.4 is 4.90 Å². The van der Waals surface area contributed by atoms with Crippen LogP contribution in [0, 0.1) is 13.8 Å². The Labute approximate surface area is 237 Å². The topological polar surface area (TPSA) is 8.17 Å². The van der Waals surface area contributed by atoms with Crippen LogP contribution in [0.4, 0.5) is 17.1 Å². The van der Waals surface area contributed by atoms with E-state index in [1.54, 1.807) is 0 Å². The van der Waals surface area contributed by atoms with E-state index in [2.05, 4.69) is 170 Å². The molecule has 0 saturated carbocycles. The highest BCUT2D eigenvalue weighted by Crippen LogP contribution is 2.39. The summed E-state index contributed by atoms with van der Waals surface area (Å²) < 4.78 is 2.43. The minimum Gasteiger partial charge on any atom is -0.311 e. The molecule has 0 atom stereocenters. The van der Waals surface area contributed by atoms with Gasteiger partial charge in [0, 0.05) is 22.7 Å². The van der Waals surface area contributed by atoms with Crippen LogP contribution in [-0.4, -0.2) is 4.57 Å². The molecule has 40 heavy (non-hydrogen) atoms. The number of hydrogen-bond acceptors (Lipinski definition) is 1. The lowest BCUT2D eigenvalue weighted by Gasteiger charge is -2.26. The molecule has 0 aliphatic carbocycles. The highest BCUT2D eigenvalue weighted by atomic mass is 15.1. The first-order valence-corrected chi connectivity index (χ1v) is 14.0. The first kappa shape index (κ1) is 25.5. The largest absolute Gasteiger partial charge is 0.311 e. The zero-order chi connectivity index (χ0) is 27.5. The molecule has 0 unspecified atom stereocenters. The van der Waals surface area contributed by atoms with Crippen molar-refractivity contribution in [1.82, 2.24) is 4.57 Å². The first-order chi connectivity index (χ1) is 19.6. The second kappa shape index (κ2) is 11.1. The molecule has 2 nitrogen and oxygen atoms in total. The van der Waals surface area contributed by atoms with Gasteiger partial charge in [-0.05, 0) is 91.6 Å². The Morgan fingerprint density at radius 1 is 0.525 bits per heavy atom. The molecule has 1 heterocycles. The van der Waals surface area contributed by atoms with Gasteiger partial charge in [-0.2, -0.15) is 0 Å². The summed E-state index contributed by atoms with van der Waals surface area (Å²) in [5.74, 6) is 0. The van der Waals surface area contributed by atoms with Crippen molar-refractivity contribution in [2.24, 2.45) is 0 Å². The molecular weight excluding hydrogens is 484 g/mol. The quantitative estimate of drug-likeness (QED) is 0.204. The molecule has 5 aromatic carbocycles. The summed E-state index contributed by atoms with van der Waals surface area (Å²) in [6, 6.07) is 50.3. The minimum absolute atomic E-state index is 0.962. The monoisotopic (exact) mass is 518 g/mol. The number of aryl methyl sites for hydroxylation is 3. The predicted octanol–water partition coefficient (Wildman–Crippen LogP) is 10.5. The van der Waals surface area contributed by atoms with E-state index in [-0.39, 0.29) is 0 Å². The van der Waals surface area contributed by atoms with E-state index in [0.717, 1.165) is 29.2 Å². The maximum absolute atomic E-state index is 2.43. The van der Waals surface area contributed by atoms with Gasteiger partial charge in [0.1, 0.15) is 0 Å². The third-order valence-electron chi connectivity index (χ3n) is 7.53. The van der Waals surface area contributed by atoms with Gasteiger partial charge in [0.15, 0.2) is 0 Å². The molecule has 196 valence electrons. The lowest BCUT2D eigenvalue weighted by molar-refractivity contribution is 1.07. The average Bonchev–Trinajstić information content (AvgIpc) is 3.40. The van der Waals surface area contributed by atoms with Crippen LogP contribution in [-0.2, 0) is 6.42 Å². The molecule has 6 aromatic rings. The van der Waals surface area contributed by atoms with E-state index in [9.17, 15) is 0 Å². The van der Waals surface area contributed by atoms with Crippen molar-refractivity contribution in [2.45, 2.75) is 27.2 Å². The van der Waals surface area contributed by atoms with Gasteiger partial charge in [0.05, 0.1) is 11.4 Å². The van der Waals surface area contributed by atoms with Crippen LogP contribution in [0.15, 0.2) is 140 Å². The summed E-state index contributed by atoms with van der Waals surface area (Å²) in [4.78, 5) is 2.33. The second-order valence-corrected chi connectivity index (χ2v) is 10.3. The second-order valence-electron chi connectivity index (χ2n) is 10.3. The van der Waals surface area contributed by atoms with Crippen molar-refractivity contribution >= 4 is 17.1 Å². The fraction of sp³-hybridized carbons (Fsp3) is 0.105. The lowest BCUT2D eigenvalue weighted by atomic mass is 10.1. The standard InChI is InChI=1S/C38H34N2/c1-4-30-27-37(31-11-7-5-8-12-31)40(38(30)32-13-9-6-10-14-32)36-25-23-35(24-26-36)39(33-19-15-28(2)16-20-33)34-21-17-29(3)18-22-34/h5-27H,4H2,1-3H3. The molecule has 0 fully saturated rings. The maximum Gasteiger partial charge on any atom is 0.0566 e. The summed E-state index contributed by atoms with van der Waals surface area (Å²) in [5, 5.41) is 0. The maximum atomic E-state index is 2.43. The van der Waals surface area contributed by atoms with Crippen molar-refractivity contribution in [3.63, 3.8) is 0 Å². The van der Waals surface area contributed by atoms with Gasteiger partial charge in [-0.3, -0.25) is 0 Å². The summed E-state index contributed by atoms with van der Waals surface area (Å²) >= 11 is 0. The molecular formula is C38H34N2. The summed E-state index contributed by atoms with van der Waals surface area (Å²) in [7, 11) is 0. The zero-order valence-corrected chi connectivity index (χ0v) is 23.4. The lowest BCUT2D eigenvalue weighted by Crippen LogP contribution is -2.10. The molecule has 1 aromatic heterocycles. The van der Waals surface area contributed by atoms with Crippen molar-refractivity contribution in [3.8, 4) is 28.2 Å². The van der Waals surface area contributed by atoms with Crippen LogP contribution in [0.1, 0.15) is 23.6 Å². The van der Waals surface area contributed by atoms with Crippen molar-refractivity contribution < 1.29 is 0 Å². The van der Waals surface area contributed by atoms with E-state index < -0.39 is 0 Å². The summed E-state index contributed by atoms with van der Waals surface area (Å²) in [6.45, 7) is 6.50. The number of benzene rings is 5. The molecule has 0 saturated heterocycles. The molecule has 2 heteroatoms. The Morgan fingerprint density at radius 2 is 0.975 bits per heavy atom. The Hall–Kier alpha value is -4.82. The van der Waals surface area contributed by atoms with Gasteiger partial charge >= 0.3 is 0 Å². The highest BCUT2D eigenvalue weighted by Gasteiger charge is 2.19. The van der Waals surface area contributed by atoms with Gasteiger partial charge in [-0.25, -0.2) is 0 Å². The van der Waals surface area contributed by atoms with E-state index in [1.807, 2.05) is 0 Å².